The first-order chi connectivity index (χ1) is 8.29. The van der Waals surface area contributed by atoms with E-state index in [4.69, 9.17) is 11.2 Å². The summed E-state index contributed by atoms with van der Waals surface area (Å²) in [6.07, 6.45) is 5.42. The molecule has 84 valence electrons. The highest BCUT2D eigenvalue weighted by Crippen LogP contribution is 2.17. The quantitative estimate of drug-likeness (QED) is 0.721. The molecule has 0 aliphatic heterocycles. The van der Waals surface area contributed by atoms with E-state index in [1.807, 2.05) is 55.5 Å². The predicted octanol–water partition coefficient (Wildman–Crippen LogP) is 3.56. The van der Waals surface area contributed by atoms with Crippen LogP contribution in [0.2, 0.25) is 0 Å². The Morgan fingerprint density at radius 2 is 1.88 bits per heavy atom. The van der Waals surface area contributed by atoms with Gasteiger partial charge in [-0.25, -0.2) is 0 Å². The van der Waals surface area contributed by atoms with Gasteiger partial charge >= 0.3 is 0 Å². The third kappa shape index (κ3) is 2.89. The lowest BCUT2D eigenvalue weighted by Gasteiger charge is -2.07. The first-order valence-electron chi connectivity index (χ1n) is 5.53. The minimum atomic E-state index is 0.563. The van der Waals surface area contributed by atoms with Crippen LogP contribution < -0.4 is 4.74 Å². The molecule has 0 saturated heterocycles. The Labute approximate surface area is 102 Å². The van der Waals surface area contributed by atoms with Crippen LogP contribution >= 0.6 is 0 Å². The Bertz CT molecular complexity index is 535. The van der Waals surface area contributed by atoms with Gasteiger partial charge in [-0.2, -0.15) is 0 Å². The lowest BCUT2D eigenvalue weighted by atomic mass is 10.1. The molecule has 0 aliphatic carbocycles. The van der Waals surface area contributed by atoms with Gasteiger partial charge in [0.25, 0.3) is 0 Å². The van der Waals surface area contributed by atoms with Gasteiger partial charge in [0.2, 0.25) is 0 Å². The number of hydrogen-bond acceptors (Lipinski definition) is 1. The zero-order valence-electron chi connectivity index (χ0n) is 9.81. The van der Waals surface area contributed by atoms with E-state index >= 15 is 0 Å². The van der Waals surface area contributed by atoms with Crippen molar-refractivity contribution in [1.29, 1.82) is 0 Å². The molecule has 0 N–H and O–H groups in total. The van der Waals surface area contributed by atoms with Crippen LogP contribution in [-0.2, 0) is 6.61 Å². The maximum atomic E-state index is 5.69. The topological polar surface area (TPSA) is 9.23 Å². The van der Waals surface area contributed by atoms with Gasteiger partial charge < -0.3 is 4.74 Å². The molecule has 0 radical (unpaired) electrons. The van der Waals surface area contributed by atoms with E-state index < -0.39 is 0 Å². The van der Waals surface area contributed by atoms with Crippen molar-refractivity contribution in [3.05, 3.63) is 65.2 Å². The van der Waals surface area contributed by atoms with E-state index in [1.165, 1.54) is 0 Å². The van der Waals surface area contributed by atoms with Crippen molar-refractivity contribution in [1.82, 2.24) is 0 Å². The van der Waals surface area contributed by atoms with Crippen LogP contribution in [0.4, 0.5) is 0 Å². The zero-order chi connectivity index (χ0) is 12.1. The summed E-state index contributed by atoms with van der Waals surface area (Å²) in [6.45, 7) is 2.56. The molecule has 0 aromatic heterocycles. The van der Waals surface area contributed by atoms with Gasteiger partial charge in [0.15, 0.2) is 0 Å². The van der Waals surface area contributed by atoms with Crippen LogP contribution in [0.1, 0.15) is 16.7 Å². The van der Waals surface area contributed by atoms with Crippen LogP contribution in [0.5, 0.6) is 5.75 Å². The third-order valence-electron chi connectivity index (χ3n) is 2.61. The summed E-state index contributed by atoms with van der Waals surface area (Å²) >= 11 is 0. The summed E-state index contributed by atoms with van der Waals surface area (Å²) in [5.74, 6) is 3.47. The summed E-state index contributed by atoms with van der Waals surface area (Å²) in [5.41, 5.74) is 3.13. The minimum absolute atomic E-state index is 0.563. The molecule has 2 rings (SSSR count). The molecule has 0 aliphatic rings. The molecule has 0 bridgehead atoms. The average molecular weight is 222 g/mol. The smallest absolute Gasteiger partial charge is 0.121 e. The number of terminal acetylenes is 1. The number of benzene rings is 2. The van der Waals surface area contributed by atoms with Crippen LogP contribution in [0.15, 0.2) is 48.5 Å². The number of rotatable bonds is 3. The predicted molar refractivity (Wildman–Crippen MR) is 69.9 cm³/mol. The lowest BCUT2D eigenvalue weighted by Crippen LogP contribution is -1.95. The van der Waals surface area contributed by atoms with Crippen molar-refractivity contribution < 1.29 is 4.74 Å². The number of hydrogen-bond donors (Lipinski definition) is 0. The molecule has 0 atom stereocenters. The second-order valence-electron chi connectivity index (χ2n) is 3.90. The van der Waals surface area contributed by atoms with E-state index in [-0.39, 0.29) is 0 Å². The molecule has 2 aromatic carbocycles. The highest BCUT2D eigenvalue weighted by molar-refractivity contribution is 5.44. The van der Waals surface area contributed by atoms with Gasteiger partial charge in [-0.1, -0.05) is 42.3 Å². The third-order valence-corrected chi connectivity index (χ3v) is 2.61. The molecule has 0 saturated carbocycles. The normalized spacial score (nSPS) is 9.65. The number of ether oxygens (including phenoxy) is 1. The summed E-state index contributed by atoms with van der Waals surface area (Å²) in [4.78, 5) is 0. The zero-order valence-corrected chi connectivity index (χ0v) is 9.81. The highest BCUT2D eigenvalue weighted by atomic mass is 16.5. The molecule has 0 unspecified atom stereocenters. The molecule has 17 heavy (non-hydrogen) atoms. The van der Waals surface area contributed by atoms with E-state index in [0.717, 1.165) is 22.4 Å². The van der Waals surface area contributed by atoms with Gasteiger partial charge in [-0.05, 0) is 30.2 Å². The maximum absolute atomic E-state index is 5.69. The molecular formula is C16H14O. The monoisotopic (exact) mass is 222 g/mol. The van der Waals surface area contributed by atoms with Gasteiger partial charge in [0.1, 0.15) is 12.4 Å². The van der Waals surface area contributed by atoms with Crippen LogP contribution in [-0.4, -0.2) is 0 Å². The van der Waals surface area contributed by atoms with Crippen molar-refractivity contribution in [3.8, 4) is 18.1 Å². The van der Waals surface area contributed by atoms with Crippen LogP contribution in [0.25, 0.3) is 0 Å². The fraction of sp³-hybridized carbons (Fsp3) is 0.125. The Kier molecular flexibility index (Phi) is 3.47. The first-order valence-corrected chi connectivity index (χ1v) is 5.53. The SMILES string of the molecule is C#Cc1cc(OCc2ccccc2)ccc1C. The Hall–Kier alpha value is -2.20. The van der Waals surface area contributed by atoms with Crippen molar-refractivity contribution in [2.24, 2.45) is 0 Å². The molecule has 1 nitrogen and oxygen atoms in total. The maximum Gasteiger partial charge on any atom is 0.121 e. The Morgan fingerprint density at radius 3 is 2.59 bits per heavy atom. The van der Waals surface area contributed by atoms with E-state index in [1.54, 1.807) is 0 Å². The molecule has 2 aromatic rings. The summed E-state index contributed by atoms with van der Waals surface area (Å²) < 4.78 is 5.69. The fourth-order valence-electron chi connectivity index (χ4n) is 1.59. The minimum Gasteiger partial charge on any atom is -0.489 e. The van der Waals surface area contributed by atoms with Gasteiger partial charge in [0, 0.05) is 5.56 Å². The lowest BCUT2D eigenvalue weighted by molar-refractivity contribution is 0.306. The fourth-order valence-corrected chi connectivity index (χ4v) is 1.59. The van der Waals surface area contributed by atoms with E-state index in [0.29, 0.717) is 6.61 Å². The second kappa shape index (κ2) is 5.23. The van der Waals surface area contributed by atoms with Crippen molar-refractivity contribution in [3.63, 3.8) is 0 Å². The largest absolute Gasteiger partial charge is 0.489 e. The molecular weight excluding hydrogens is 208 g/mol. The van der Waals surface area contributed by atoms with Crippen molar-refractivity contribution in [2.45, 2.75) is 13.5 Å². The highest BCUT2D eigenvalue weighted by Gasteiger charge is 1.99. The van der Waals surface area contributed by atoms with Gasteiger partial charge in [0.05, 0.1) is 0 Å². The van der Waals surface area contributed by atoms with Gasteiger partial charge in [-0.3, -0.25) is 0 Å². The molecule has 0 spiro atoms. The molecule has 0 heterocycles. The second-order valence-corrected chi connectivity index (χ2v) is 3.90. The molecule has 0 amide bonds. The number of aryl methyl sites for hydroxylation is 1. The van der Waals surface area contributed by atoms with Crippen molar-refractivity contribution >= 4 is 0 Å². The van der Waals surface area contributed by atoms with E-state index in [2.05, 4.69) is 5.92 Å². The van der Waals surface area contributed by atoms with Crippen LogP contribution in [0.3, 0.4) is 0 Å². The van der Waals surface area contributed by atoms with Gasteiger partial charge in [-0.15, -0.1) is 6.42 Å². The Morgan fingerprint density at radius 1 is 1.12 bits per heavy atom. The van der Waals surface area contributed by atoms with Crippen LogP contribution in [0, 0.1) is 19.3 Å². The van der Waals surface area contributed by atoms with E-state index in [9.17, 15) is 0 Å². The van der Waals surface area contributed by atoms with Crippen molar-refractivity contribution in [2.75, 3.05) is 0 Å². The summed E-state index contributed by atoms with van der Waals surface area (Å²) in [5, 5.41) is 0. The average Bonchev–Trinajstić information content (AvgIpc) is 2.39. The summed E-state index contributed by atoms with van der Waals surface area (Å²) in [7, 11) is 0. The Balaban J connectivity index is 2.08. The standard InChI is InChI=1S/C16H14O/c1-3-15-11-16(10-9-13(15)2)17-12-14-7-5-4-6-8-14/h1,4-11H,12H2,2H3. The molecule has 1 heteroatoms. The first kappa shape index (κ1) is 11.3. The molecule has 0 fully saturated rings. The summed E-state index contributed by atoms with van der Waals surface area (Å²) in [6, 6.07) is 15.9.